The van der Waals surface area contributed by atoms with Crippen LogP contribution in [0.25, 0.3) is 0 Å². The molecule has 21 heavy (non-hydrogen) atoms. The second-order valence-electron chi connectivity index (χ2n) is 5.35. The normalized spacial score (nSPS) is 13.9. The lowest BCUT2D eigenvalue weighted by Crippen LogP contribution is -2.30. The molecule has 2 unspecified atom stereocenters. The van der Waals surface area contributed by atoms with Gasteiger partial charge in [0.15, 0.2) is 0 Å². The summed E-state index contributed by atoms with van der Waals surface area (Å²) in [5.41, 5.74) is 6.58. The van der Waals surface area contributed by atoms with Crippen LogP contribution < -0.4 is 5.43 Å². The summed E-state index contributed by atoms with van der Waals surface area (Å²) in [5.74, 6) is 0. The van der Waals surface area contributed by atoms with E-state index in [2.05, 4.69) is 5.43 Å². The first-order chi connectivity index (χ1) is 10.1. The lowest BCUT2D eigenvalue weighted by Gasteiger charge is -2.19. The fourth-order valence-electron chi connectivity index (χ4n) is 2.25. The molecule has 0 aliphatic rings. The standard InChI is InChI=1S/C17H24N2O2/c1-13-9-10-14(2)19(13)18-11-17(20)12-21-15(3)16-7-5-4-6-8-16/h4-10,15,17-18,20H,11-12H2,1-3H3. The molecule has 0 bridgehead atoms. The molecule has 2 N–H and O–H groups in total. The zero-order valence-electron chi connectivity index (χ0n) is 12.9. The Kier molecular flexibility index (Phi) is 5.42. The number of rotatable bonds is 7. The van der Waals surface area contributed by atoms with Gasteiger partial charge in [0, 0.05) is 11.4 Å². The van der Waals surface area contributed by atoms with Gasteiger partial charge in [0.25, 0.3) is 0 Å². The van der Waals surface area contributed by atoms with Gasteiger partial charge in [-0.3, -0.25) is 4.68 Å². The van der Waals surface area contributed by atoms with Crippen molar-refractivity contribution in [1.82, 2.24) is 4.68 Å². The Hall–Kier alpha value is -1.78. The SMILES string of the molecule is Cc1ccc(C)n1NCC(O)COC(C)c1ccccc1. The number of aliphatic hydroxyl groups is 1. The molecule has 2 rings (SSSR count). The largest absolute Gasteiger partial charge is 0.389 e. The third-order valence-electron chi connectivity index (χ3n) is 3.56. The van der Waals surface area contributed by atoms with E-state index in [0.29, 0.717) is 13.2 Å². The Morgan fingerprint density at radius 3 is 2.33 bits per heavy atom. The maximum Gasteiger partial charge on any atom is 0.0961 e. The average Bonchev–Trinajstić information content (AvgIpc) is 2.82. The molecule has 4 nitrogen and oxygen atoms in total. The minimum Gasteiger partial charge on any atom is -0.389 e. The van der Waals surface area contributed by atoms with Crippen LogP contribution >= 0.6 is 0 Å². The van der Waals surface area contributed by atoms with Gasteiger partial charge >= 0.3 is 0 Å². The molecule has 0 saturated heterocycles. The molecule has 4 heteroatoms. The molecule has 1 heterocycles. The van der Waals surface area contributed by atoms with Crippen molar-refractivity contribution in [3.05, 3.63) is 59.4 Å². The number of benzene rings is 1. The van der Waals surface area contributed by atoms with Crippen molar-refractivity contribution in [2.24, 2.45) is 0 Å². The van der Waals surface area contributed by atoms with E-state index in [-0.39, 0.29) is 6.10 Å². The molecule has 1 aromatic heterocycles. The molecule has 0 aliphatic heterocycles. The zero-order chi connectivity index (χ0) is 15.2. The molecule has 0 aliphatic carbocycles. The first kappa shape index (κ1) is 15.6. The van der Waals surface area contributed by atoms with Gasteiger partial charge in [-0.25, -0.2) is 0 Å². The summed E-state index contributed by atoms with van der Waals surface area (Å²) in [4.78, 5) is 0. The number of hydrogen-bond donors (Lipinski definition) is 2. The highest BCUT2D eigenvalue weighted by molar-refractivity contribution is 5.17. The molecule has 2 aromatic rings. The molecular weight excluding hydrogens is 264 g/mol. The van der Waals surface area contributed by atoms with Crippen LogP contribution in [0.3, 0.4) is 0 Å². The molecular formula is C17H24N2O2. The van der Waals surface area contributed by atoms with Gasteiger partial charge in [-0.05, 0) is 38.5 Å². The van der Waals surface area contributed by atoms with Crippen LogP contribution in [0.1, 0.15) is 30.0 Å². The van der Waals surface area contributed by atoms with Crippen LogP contribution in [0.4, 0.5) is 0 Å². The molecule has 0 radical (unpaired) electrons. The van der Waals surface area contributed by atoms with E-state index in [1.54, 1.807) is 0 Å². The number of aliphatic hydroxyl groups excluding tert-OH is 1. The van der Waals surface area contributed by atoms with Crippen LogP contribution in [-0.4, -0.2) is 29.0 Å². The molecule has 2 atom stereocenters. The predicted molar refractivity (Wildman–Crippen MR) is 84.9 cm³/mol. The molecule has 114 valence electrons. The van der Waals surface area contributed by atoms with Gasteiger partial charge in [0.2, 0.25) is 0 Å². The van der Waals surface area contributed by atoms with Gasteiger partial charge in [-0.1, -0.05) is 30.3 Å². The lowest BCUT2D eigenvalue weighted by molar-refractivity contribution is 0.00158. The second-order valence-corrected chi connectivity index (χ2v) is 5.35. The number of ether oxygens (including phenoxy) is 1. The van der Waals surface area contributed by atoms with Crippen molar-refractivity contribution in [1.29, 1.82) is 0 Å². The van der Waals surface area contributed by atoms with E-state index >= 15 is 0 Å². The fraction of sp³-hybridized carbons (Fsp3) is 0.412. The monoisotopic (exact) mass is 288 g/mol. The summed E-state index contributed by atoms with van der Waals surface area (Å²) in [7, 11) is 0. The van der Waals surface area contributed by atoms with E-state index in [4.69, 9.17) is 4.74 Å². The molecule has 0 amide bonds. The Morgan fingerprint density at radius 2 is 1.71 bits per heavy atom. The summed E-state index contributed by atoms with van der Waals surface area (Å²) in [6, 6.07) is 14.1. The topological polar surface area (TPSA) is 46.4 Å². The summed E-state index contributed by atoms with van der Waals surface area (Å²) in [6.07, 6.45) is -0.562. The smallest absolute Gasteiger partial charge is 0.0961 e. The van der Waals surface area contributed by atoms with Crippen molar-refractivity contribution in [2.75, 3.05) is 18.6 Å². The van der Waals surface area contributed by atoms with Crippen molar-refractivity contribution >= 4 is 0 Å². The van der Waals surface area contributed by atoms with Crippen LogP contribution in [0.2, 0.25) is 0 Å². The predicted octanol–water partition coefficient (Wildman–Crippen LogP) is 2.79. The van der Waals surface area contributed by atoms with E-state index in [9.17, 15) is 5.11 Å². The fourth-order valence-corrected chi connectivity index (χ4v) is 2.25. The minimum atomic E-state index is -0.544. The molecule has 0 fully saturated rings. The highest BCUT2D eigenvalue weighted by Crippen LogP contribution is 2.15. The maximum absolute atomic E-state index is 10.0. The van der Waals surface area contributed by atoms with Crippen molar-refractivity contribution in [3.63, 3.8) is 0 Å². The maximum atomic E-state index is 10.0. The summed E-state index contributed by atoms with van der Waals surface area (Å²) in [6.45, 7) is 6.82. The third kappa shape index (κ3) is 4.34. The Bertz CT molecular complexity index is 532. The Morgan fingerprint density at radius 1 is 1.10 bits per heavy atom. The second kappa shape index (κ2) is 7.29. The number of hydrogen-bond acceptors (Lipinski definition) is 3. The summed E-state index contributed by atoms with van der Waals surface area (Å²) in [5, 5.41) is 10.0. The van der Waals surface area contributed by atoms with Crippen LogP contribution in [0.5, 0.6) is 0 Å². The molecule has 0 spiro atoms. The number of nitrogens with zero attached hydrogens (tertiary/aromatic N) is 1. The minimum absolute atomic E-state index is 0.0177. The van der Waals surface area contributed by atoms with Crippen molar-refractivity contribution in [2.45, 2.75) is 33.0 Å². The Labute approximate surface area is 126 Å². The van der Waals surface area contributed by atoms with Gasteiger partial charge in [0.1, 0.15) is 0 Å². The highest BCUT2D eigenvalue weighted by atomic mass is 16.5. The molecule has 1 aromatic carbocycles. The van der Waals surface area contributed by atoms with Crippen LogP contribution in [0, 0.1) is 13.8 Å². The quantitative estimate of drug-likeness (QED) is 0.823. The zero-order valence-corrected chi connectivity index (χ0v) is 12.9. The Balaban J connectivity index is 1.76. The average molecular weight is 288 g/mol. The summed E-state index contributed by atoms with van der Waals surface area (Å²) >= 11 is 0. The number of aryl methyl sites for hydroxylation is 2. The lowest BCUT2D eigenvalue weighted by atomic mass is 10.1. The van der Waals surface area contributed by atoms with Gasteiger partial charge < -0.3 is 15.3 Å². The van der Waals surface area contributed by atoms with Gasteiger partial charge in [-0.2, -0.15) is 0 Å². The van der Waals surface area contributed by atoms with E-state index < -0.39 is 6.10 Å². The van der Waals surface area contributed by atoms with Crippen LogP contribution in [-0.2, 0) is 4.74 Å². The van der Waals surface area contributed by atoms with Crippen molar-refractivity contribution in [3.8, 4) is 0 Å². The third-order valence-corrected chi connectivity index (χ3v) is 3.56. The van der Waals surface area contributed by atoms with Gasteiger partial charge in [0.05, 0.1) is 25.4 Å². The van der Waals surface area contributed by atoms with Crippen LogP contribution in [0.15, 0.2) is 42.5 Å². The number of aromatic nitrogens is 1. The number of nitrogens with one attached hydrogen (secondary N) is 1. The van der Waals surface area contributed by atoms with E-state index in [1.807, 2.05) is 67.9 Å². The van der Waals surface area contributed by atoms with E-state index in [0.717, 1.165) is 17.0 Å². The van der Waals surface area contributed by atoms with E-state index in [1.165, 1.54) is 0 Å². The van der Waals surface area contributed by atoms with Gasteiger partial charge in [-0.15, -0.1) is 0 Å². The van der Waals surface area contributed by atoms with Crippen molar-refractivity contribution < 1.29 is 9.84 Å². The first-order valence-electron chi connectivity index (χ1n) is 7.31. The first-order valence-corrected chi connectivity index (χ1v) is 7.31. The summed E-state index contributed by atoms with van der Waals surface area (Å²) < 4.78 is 7.70. The molecule has 0 saturated carbocycles. The highest BCUT2D eigenvalue weighted by Gasteiger charge is 2.10.